The first-order valence-corrected chi connectivity index (χ1v) is 9.09. The highest BCUT2D eigenvalue weighted by atomic mass is 35.5. The summed E-state index contributed by atoms with van der Waals surface area (Å²) in [6.07, 6.45) is 1.06. The molecule has 4 aromatic rings. The summed E-state index contributed by atoms with van der Waals surface area (Å²) in [5.41, 5.74) is 0.389. The molecule has 0 aliphatic carbocycles. The van der Waals surface area contributed by atoms with Gasteiger partial charge in [-0.3, -0.25) is 0 Å². The normalized spacial score (nSPS) is 11.5. The van der Waals surface area contributed by atoms with E-state index in [0.29, 0.717) is 16.8 Å². The Bertz CT molecular complexity index is 1240. The number of nitrogens with one attached hydrogen (secondary N) is 1. The van der Waals surface area contributed by atoms with Crippen LogP contribution in [-0.2, 0) is 6.18 Å². The van der Waals surface area contributed by atoms with Gasteiger partial charge in [-0.25, -0.2) is 24.0 Å². The van der Waals surface area contributed by atoms with Gasteiger partial charge in [0.2, 0.25) is 5.95 Å². The van der Waals surface area contributed by atoms with Gasteiger partial charge in [-0.15, -0.1) is 0 Å². The Morgan fingerprint density at radius 2 is 1.81 bits per heavy atom. The zero-order valence-corrected chi connectivity index (χ0v) is 16.4. The van der Waals surface area contributed by atoms with E-state index in [1.165, 1.54) is 44.0 Å². The summed E-state index contributed by atoms with van der Waals surface area (Å²) in [6, 6.07) is 4.83. The summed E-state index contributed by atoms with van der Waals surface area (Å²) in [6.45, 7) is 1.47. The molecule has 0 bridgehead atoms. The minimum absolute atomic E-state index is 0.0433. The summed E-state index contributed by atoms with van der Waals surface area (Å²) in [4.78, 5) is 16.4. The van der Waals surface area contributed by atoms with Crippen LogP contribution in [0.5, 0.6) is 0 Å². The summed E-state index contributed by atoms with van der Waals surface area (Å²) in [7, 11) is 0. The van der Waals surface area contributed by atoms with Gasteiger partial charge in [0.05, 0.1) is 5.02 Å². The molecule has 0 saturated heterocycles. The van der Waals surface area contributed by atoms with E-state index < -0.39 is 17.7 Å². The molecule has 0 saturated carbocycles. The van der Waals surface area contributed by atoms with Crippen LogP contribution in [0.25, 0.3) is 16.9 Å². The van der Waals surface area contributed by atoms with E-state index in [0.717, 1.165) is 16.8 Å². The van der Waals surface area contributed by atoms with Crippen molar-refractivity contribution in [2.75, 3.05) is 5.32 Å². The Hall–Kier alpha value is -3.60. The third-order valence-electron chi connectivity index (χ3n) is 4.19. The topological polar surface area (TPSA) is 81.4 Å². The molecule has 3 aromatic heterocycles. The van der Waals surface area contributed by atoms with E-state index in [9.17, 15) is 17.6 Å². The van der Waals surface area contributed by atoms with Crippen molar-refractivity contribution in [3.63, 3.8) is 0 Å². The summed E-state index contributed by atoms with van der Waals surface area (Å²) >= 11 is 5.79. The fraction of sp³-hybridized carbons (Fsp3) is 0.105. The van der Waals surface area contributed by atoms with Crippen LogP contribution in [0.3, 0.4) is 0 Å². The van der Waals surface area contributed by atoms with Crippen molar-refractivity contribution < 1.29 is 17.6 Å². The SMILES string of the molecule is Cc1cc(C(F)(F)F)nn1-c1nc(Nc2ccc(F)c(Cl)c2)ncc1-c1cncnc1. The van der Waals surface area contributed by atoms with Crippen LogP contribution in [0.2, 0.25) is 5.02 Å². The maximum Gasteiger partial charge on any atom is 0.435 e. The average Bonchev–Trinajstić information content (AvgIpc) is 3.13. The second-order valence-corrected chi connectivity index (χ2v) is 6.80. The predicted molar refractivity (Wildman–Crippen MR) is 105 cm³/mol. The van der Waals surface area contributed by atoms with E-state index in [1.54, 1.807) is 0 Å². The Kier molecular flexibility index (Phi) is 5.27. The molecule has 31 heavy (non-hydrogen) atoms. The van der Waals surface area contributed by atoms with Crippen molar-refractivity contribution in [1.29, 1.82) is 0 Å². The number of anilines is 2. The standard InChI is InChI=1S/C19H12ClF4N7/c1-10-4-16(19(22,23)24)30-31(10)17-13(11-6-25-9-26-7-11)8-27-18(29-17)28-12-2-3-15(21)14(20)5-12/h2-9H,1H3,(H,27,28,29). The number of hydrogen-bond acceptors (Lipinski definition) is 6. The van der Waals surface area contributed by atoms with Gasteiger partial charge in [0.25, 0.3) is 0 Å². The van der Waals surface area contributed by atoms with Gasteiger partial charge in [0.1, 0.15) is 12.1 Å². The van der Waals surface area contributed by atoms with Crippen LogP contribution >= 0.6 is 11.6 Å². The van der Waals surface area contributed by atoms with Crippen molar-refractivity contribution in [1.82, 2.24) is 29.7 Å². The van der Waals surface area contributed by atoms with Gasteiger partial charge in [0.15, 0.2) is 11.5 Å². The number of nitrogens with zero attached hydrogens (tertiary/aromatic N) is 6. The van der Waals surface area contributed by atoms with Crippen LogP contribution in [0.1, 0.15) is 11.4 Å². The minimum atomic E-state index is -4.62. The fourth-order valence-corrected chi connectivity index (χ4v) is 2.95. The first-order chi connectivity index (χ1) is 14.7. The number of aryl methyl sites for hydroxylation is 1. The summed E-state index contributed by atoms with van der Waals surface area (Å²) in [5.74, 6) is -0.477. The quantitative estimate of drug-likeness (QED) is 0.442. The van der Waals surface area contributed by atoms with Crippen LogP contribution in [-0.4, -0.2) is 29.7 Å². The summed E-state index contributed by atoms with van der Waals surface area (Å²) < 4.78 is 54.0. The van der Waals surface area contributed by atoms with Crippen LogP contribution in [0, 0.1) is 12.7 Å². The number of benzene rings is 1. The van der Waals surface area contributed by atoms with E-state index in [4.69, 9.17) is 11.6 Å². The van der Waals surface area contributed by atoms with E-state index in [-0.39, 0.29) is 22.5 Å². The largest absolute Gasteiger partial charge is 0.435 e. The predicted octanol–water partition coefficient (Wildman–Crippen LogP) is 4.98. The highest BCUT2D eigenvalue weighted by molar-refractivity contribution is 6.31. The molecule has 0 spiro atoms. The summed E-state index contributed by atoms with van der Waals surface area (Å²) in [5, 5.41) is 6.41. The first-order valence-electron chi connectivity index (χ1n) is 8.71. The molecule has 1 N–H and O–H groups in total. The molecule has 3 heterocycles. The highest BCUT2D eigenvalue weighted by Gasteiger charge is 2.35. The lowest BCUT2D eigenvalue weighted by molar-refractivity contribution is -0.141. The average molecular weight is 450 g/mol. The van der Waals surface area contributed by atoms with Gasteiger partial charge in [-0.1, -0.05) is 11.6 Å². The maximum absolute atomic E-state index is 13.4. The van der Waals surface area contributed by atoms with E-state index in [2.05, 4.69) is 30.4 Å². The van der Waals surface area contributed by atoms with Crippen molar-refractivity contribution in [2.24, 2.45) is 0 Å². The molecule has 1 aromatic carbocycles. The fourth-order valence-electron chi connectivity index (χ4n) is 2.77. The van der Waals surface area contributed by atoms with Gasteiger partial charge < -0.3 is 5.32 Å². The van der Waals surface area contributed by atoms with Gasteiger partial charge in [0, 0.05) is 41.1 Å². The van der Waals surface area contributed by atoms with Crippen molar-refractivity contribution >= 4 is 23.2 Å². The van der Waals surface area contributed by atoms with Crippen LogP contribution in [0.15, 0.2) is 49.2 Å². The molecule has 0 aliphatic rings. The molecule has 0 radical (unpaired) electrons. The highest BCUT2D eigenvalue weighted by Crippen LogP contribution is 2.32. The molecule has 0 aliphatic heterocycles. The third-order valence-corrected chi connectivity index (χ3v) is 4.48. The van der Waals surface area contributed by atoms with Crippen molar-refractivity contribution in [3.05, 3.63) is 71.4 Å². The number of aromatic nitrogens is 6. The second kappa shape index (κ2) is 7.91. The maximum atomic E-state index is 13.4. The van der Waals surface area contributed by atoms with Gasteiger partial charge in [-0.2, -0.15) is 23.3 Å². The Labute approximate surface area is 177 Å². The lowest BCUT2D eigenvalue weighted by atomic mass is 10.1. The van der Waals surface area contributed by atoms with E-state index in [1.807, 2.05) is 0 Å². The third kappa shape index (κ3) is 4.31. The van der Waals surface area contributed by atoms with Crippen LogP contribution < -0.4 is 5.32 Å². The lowest BCUT2D eigenvalue weighted by Gasteiger charge is -2.12. The molecular weight excluding hydrogens is 438 g/mol. The Balaban J connectivity index is 1.83. The monoisotopic (exact) mass is 449 g/mol. The molecule has 0 atom stereocenters. The minimum Gasteiger partial charge on any atom is -0.324 e. The van der Waals surface area contributed by atoms with Crippen molar-refractivity contribution in [2.45, 2.75) is 13.1 Å². The Morgan fingerprint density at radius 3 is 2.45 bits per heavy atom. The molecule has 12 heteroatoms. The van der Waals surface area contributed by atoms with Crippen LogP contribution in [0.4, 0.5) is 29.2 Å². The molecule has 0 unspecified atom stereocenters. The number of alkyl halides is 3. The molecule has 0 amide bonds. The molecule has 158 valence electrons. The number of hydrogen-bond donors (Lipinski definition) is 1. The zero-order valence-electron chi connectivity index (χ0n) is 15.7. The van der Waals surface area contributed by atoms with Crippen molar-refractivity contribution in [3.8, 4) is 16.9 Å². The second-order valence-electron chi connectivity index (χ2n) is 6.39. The smallest absolute Gasteiger partial charge is 0.324 e. The molecular formula is C19H12ClF4N7. The lowest BCUT2D eigenvalue weighted by Crippen LogP contribution is -2.10. The molecule has 0 fully saturated rings. The molecule has 4 rings (SSSR count). The van der Waals surface area contributed by atoms with Gasteiger partial charge >= 0.3 is 6.18 Å². The zero-order chi connectivity index (χ0) is 22.2. The van der Waals surface area contributed by atoms with Gasteiger partial charge in [-0.05, 0) is 31.2 Å². The Morgan fingerprint density at radius 1 is 1.06 bits per heavy atom. The first kappa shape index (κ1) is 20.7. The van der Waals surface area contributed by atoms with E-state index >= 15 is 0 Å². The molecule has 7 nitrogen and oxygen atoms in total. The number of rotatable bonds is 4. The number of halogens is 5.